The van der Waals surface area contributed by atoms with Gasteiger partial charge in [-0.15, -0.1) is 0 Å². The normalized spacial score (nSPS) is 14.1. The summed E-state index contributed by atoms with van der Waals surface area (Å²) < 4.78 is 1.73. The number of nitrogens with two attached hydrogens (primary N) is 1. The molecule has 0 aromatic carbocycles. The van der Waals surface area contributed by atoms with E-state index in [0.717, 1.165) is 28.5 Å². The maximum absolute atomic E-state index is 5.92. The number of nitrogens with zero attached hydrogens (tertiary/aromatic N) is 4. The Bertz CT molecular complexity index is 548. The number of aryl methyl sites for hydroxylation is 1. The Morgan fingerprint density at radius 2 is 2.25 bits per heavy atom. The van der Waals surface area contributed by atoms with Gasteiger partial charge in [0.15, 0.2) is 5.82 Å². The van der Waals surface area contributed by atoms with Gasteiger partial charge in [0.05, 0.1) is 5.69 Å². The largest absolute Gasteiger partial charge is 0.383 e. The number of aromatic nitrogens is 4. The van der Waals surface area contributed by atoms with Gasteiger partial charge in [-0.05, 0) is 6.07 Å². The number of hydrogen-bond donors (Lipinski definition) is 1. The van der Waals surface area contributed by atoms with E-state index in [-0.39, 0.29) is 0 Å². The highest BCUT2D eigenvalue weighted by Gasteiger charge is 2.19. The first-order chi connectivity index (χ1) is 7.74. The Morgan fingerprint density at radius 3 is 3.00 bits per heavy atom. The number of rotatable bonds is 1. The van der Waals surface area contributed by atoms with Crippen molar-refractivity contribution in [2.75, 3.05) is 5.73 Å². The van der Waals surface area contributed by atoms with Crippen LogP contribution in [0.5, 0.6) is 0 Å². The van der Waals surface area contributed by atoms with E-state index in [4.69, 9.17) is 5.73 Å². The number of hydrogen-bond acceptors (Lipinski definition) is 5. The summed E-state index contributed by atoms with van der Waals surface area (Å²) in [7, 11) is 1.87. The zero-order chi connectivity index (χ0) is 11.1. The highest BCUT2D eigenvalue weighted by molar-refractivity contribution is 7.98. The molecule has 0 radical (unpaired) electrons. The molecule has 0 saturated heterocycles. The van der Waals surface area contributed by atoms with Gasteiger partial charge >= 0.3 is 0 Å². The van der Waals surface area contributed by atoms with Gasteiger partial charge in [-0.3, -0.25) is 4.68 Å². The van der Waals surface area contributed by atoms with Gasteiger partial charge < -0.3 is 5.73 Å². The van der Waals surface area contributed by atoms with Gasteiger partial charge in [0.25, 0.3) is 0 Å². The Balaban J connectivity index is 2.12. The maximum atomic E-state index is 5.92. The minimum atomic E-state index is 0.593. The SMILES string of the molecule is Cn1ccc(-c2nc(N)c3c(n2)CSC3)n1. The molecule has 1 aliphatic heterocycles. The minimum Gasteiger partial charge on any atom is -0.383 e. The molecule has 2 aromatic heterocycles. The number of anilines is 1. The molecule has 16 heavy (non-hydrogen) atoms. The van der Waals surface area contributed by atoms with Crippen molar-refractivity contribution in [3.8, 4) is 11.5 Å². The van der Waals surface area contributed by atoms with E-state index in [0.29, 0.717) is 11.6 Å². The molecule has 0 bridgehead atoms. The first-order valence-corrected chi connectivity index (χ1v) is 6.12. The molecule has 0 atom stereocenters. The van der Waals surface area contributed by atoms with Crippen LogP contribution in [0.1, 0.15) is 11.3 Å². The molecule has 1 aliphatic rings. The summed E-state index contributed by atoms with van der Waals surface area (Å²) in [5.41, 5.74) is 8.83. The molecule has 2 aromatic rings. The fourth-order valence-corrected chi connectivity index (χ4v) is 2.78. The zero-order valence-electron chi connectivity index (χ0n) is 8.84. The van der Waals surface area contributed by atoms with Gasteiger partial charge in [-0.2, -0.15) is 16.9 Å². The van der Waals surface area contributed by atoms with E-state index in [9.17, 15) is 0 Å². The van der Waals surface area contributed by atoms with Crippen molar-refractivity contribution in [1.29, 1.82) is 0 Å². The van der Waals surface area contributed by atoms with Crippen LogP contribution in [0.4, 0.5) is 5.82 Å². The molecule has 5 nitrogen and oxygen atoms in total. The Labute approximate surface area is 97.1 Å². The van der Waals surface area contributed by atoms with Crippen molar-refractivity contribution in [3.63, 3.8) is 0 Å². The molecule has 0 saturated carbocycles. The summed E-state index contributed by atoms with van der Waals surface area (Å²) in [6.07, 6.45) is 1.87. The van der Waals surface area contributed by atoms with Crippen LogP contribution in [0.3, 0.4) is 0 Å². The summed E-state index contributed by atoms with van der Waals surface area (Å²) in [4.78, 5) is 8.82. The van der Waals surface area contributed by atoms with Crippen LogP contribution in [-0.2, 0) is 18.6 Å². The van der Waals surface area contributed by atoms with Gasteiger partial charge in [-0.1, -0.05) is 0 Å². The average Bonchev–Trinajstić information content (AvgIpc) is 2.85. The molecule has 82 valence electrons. The van der Waals surface area contributed by atoms with Crippen molar-refractivity contribution in [3.05, 3.63) is 23.5 Å². The van der Waals surface area contributed by atoms with Crippen LogP contribution in [0.15, 0.2) is 12.3 Å². The molecule has 6 heteroatoms. The number of nitrogen functional groups attached to an aromatic ring is 1. The van der Waals surface area contributed by atoms with Crippen LogP contribution in [0, 0.1) is 0 Å². The number of thioether (sulfide) groups is 1. The molecule has 0 amide bonds. The van der Waals surface area contributed by atoms with Crippen molar-refractivity contribution >= 4 is 17.6 Å². The van der Waals surface area contributed by atoms with Crippen molar-refractivity contribution in [2.45, 2.75) is 11.5 Å². The van der Waals surface area contributed by atoms with Crippen LogP contribution in [0.2, 0.25) is 0 Å². The lowest BCUT2D eigenvalue weighted by atomic mass is 10.2. The summed E-state index contributed by atoms with van der Waals surface area (Å²) >= 11 is 1.82. The zero-order valence-corrected chi connectivity index (χ0v) is 9.66. The Kier molecular flexibility index (Phi) is 2.10. The predicted molar refractivity (Wildman–Crippen MR) is 63.6 cm³/mol. The molecule has 0 unspecified atom stereocenters. The summed E-state index contributed by atoms with van der Waals surface area (Å²) in [6.45, 7) is 0. The first kappa shape index (κ1) is 9.65. The first-order valence-electron chi connectivity index (χ1n) is 4.97. The maximum Gasteiger partial charge on any atom is 0.182 e. The van der Waals surface area contributed by atoms with Crippen LogP contribution in [0.25, 0.3) is 11.5 Å². The topological polar surface area (TPSA) is 69.6 Å². The Hall–Kier alpha value is -1.56. The highest BCUT2D eigenvalue weighted by atomic mass is 32.2. The third kappa shape index (κ3) is 1.46. The molecule has 0 fully saturated rings. The summed E-state index contributed by atoms with van der Waals surface area (Å²) in [5.74, 6) is 3.06. The standard InChI is InChI=1S/C10H11N5S/c1-15-3-2-7(14-15)10-12-8-5-16-4-6(8)9(11)13-10/h2-3H,4-5H2,1H3,(H2,11,12,13). The molecule has 3 rings (SSSR count). The molecular weight excluding hydrogens is 222 g/mol. The van der Waals surface area contributed by atoms with Crippen molar-refractivity contribution < 1.29 is 0 Å². The third-order valence-electron chi connectivity index (χ3n) is 2.55. The predicted octanol–water partition coefficient (Wildman–Crippen LogP) is 1.21. The minimum absolute atomic E-state index is 0.593. The van der Waals surface area contributed by atoms with E-state index in [2.05, 4.69) is 15.1 Å². The van der Waals surface area contributed by atoms with E-state index in [1.54, 1.807) is 4.68 Å². The molecule has 2 N–H and O–H groups in total. The van der Waals surface area contributed by atoms with E-state index in [1.165, 1.54) is 0 Å². The molecular formula is C10H11N5S. The van der Waals surface area contributed by atoms with Gasteiger partial charge in [0.1, 0.15) is 11.5 Å². The lowest BCUT2D eigenvalue weighted by Crippen LogP contribution is -2.03. The second-order valence-electron chi connectivity index (χ2n) is 3.73. The lowest BCUT2D eigenvalue weighted by molar-refractivity contribution is 0.768. The summed E-state index contributed by atoms with van der Waals surface area (Å²) in [5, 5.41) is 4.28. The monoisotopic (exact) mass is 233 g/mol. The lowest BCUT2D eigenvalue weighted by Gasteiger charge is -2.03. The molecule has 0 spiro atoms. The van der Waals surface area contributed by atoms with E-state index >= 15 is 0 Å². The average molecular weight is 233 g/mol. The number of fused-ring (bicyclic) bond motifs is 1. The second-order valence-corrected chi connectivity index (χ2v) is 4.71. The molecule has 0 aliphatic carbocycles. The van der Waals surface area contributed by atoms with Crippen molar-refractivity contribution in [2.24, 2.45) is 7.05 Å². The van der Waals surface area contributed by atoms with Gasteiger partial charge in [0.2, 0.25) is 0 Å². The van der Waals surface area contributed by atoms with Crippen LogP contribution in [-0.4, -0.2) is 19.7 Å². The van der Waals surface area contributed by atoms with Gasteiger partial charge in [0, 0.05) is 30.3 Å². The quantitative estimate of drug-likeness (QED) is 0.801. The van der Waals surface area contributed by atoms with Crippen molar-refractivity contribution in [1.82, 2.24) is 19.7 Å². The molecule has 3 heterocycles. The fraction of sp³-hybridized carbons (Fsp3) is 0.300. The van der Waals surface area contributed by atoms with E-state index in [1.807, 2.05) is 31.1 Å². The smallest absolute Gasteiger partial charge is 0.182 e. The van der Waals surface area contributed by atoms with Crippen LogP contribution < -0.4 is 5.73 Å². The van der Waals surface area contributed by atoms with E-state index < -0.39 is 0 Å². The van der Waals surface area contributed by atoms with Gasteiger partial charge in [-0.25, -0.2) is 9.97 Å². The fourth-order valence-electron chi connectivity index (χ4n) is 1.73. The Morgan fingerprint density at radius 1 is 1.38 bits per heavy atom. The summed E-state index contributed by atoms with van der Waals surface area (Å²) in [6, 6.07) is 1.89. The highest BCUT2D eigenvalue weighted by Crippen LogP contribution is 2.32. The third-order valence-corrected chi connectivity index (χ3v) is 3.52. The van der Waals surface area contributed by atoms with Crippen LogP contribution >= 0.6 is 11.8 Å². The second kappa shape index (κ2) is 3.48.